The topological polar surface area (TPSA) is 96.9 Å². The quantitative estimate of drug-likeness (QED) is 0.486. The van der Waals surface area contributed by atoms with E-state index in [1.165, 1.54) is 6.21 Å². The summed E-state index contributed by atoms with van der Waals surface area (Å²) < 4.78 is 5.26. The predicted octanol–water partition coefficient (Wildman–Crippen LogP) is 0.0599. The van der Waals surface area contributed by atoms with Gasteiger partial charge in [0, 0.05) is 5.56 Å². The first-order valence-electron chi connectivity index (χ1n) is 4.65. The number of hydrogen-bond acceptors (Lipinski definition) is 4. The number of nitrogens with one attached hydrogen (secondary N) is 1. The van der Waals surface area contributed by atoms with Gasteiger partial charge in [-0.15, -0.1) is 0 Å². The standard InChI is InChI=1S/C10H13N3O3/c11-10(15)13-12-7-8-3-1-2-4-9(8)16-6-5-14/h1-4,7,14H,5-6H2,(H3,11,13,15). The molecule has 86 valence electrons. The number of carbonyl (C=O) groups is 1. The first kappa shape index (κ1) is 12.0. The number of aliphatic hydroxyl groups is 1. The van der Waals surface area contributed by atoms with E-state index in [9.17, 15) is 4.79 Å². The van der Waals surface area contributed by atoms with Gasteiger partial charge in [-0.1, -0.05) is 12.1 Å². The second kappa shape index (κ2) is 6.41. The number of nitrogens with zero attached hydrogens (tertiary/aromatic N) is 1. The first-order chi connectivity index (χ1) is 7.74. The summed E-state index contributed by atoms with van der Waals surface area (Å²) in [7, 11) is 0. The molecule has 0 saturated carbocycles. The minimum atomic E-state index is -0.731. The Kier molecular flexibility index (Phi) is 4.81. The molecule has 0 aromatic heterocycles. The summed E-state index contributed by atoms with van der Waals surface area (Å²) in [5, 5.41) is 12.3. The number of urea groups is 1. The molecule has 0 heterocycles. The van der Waals surface area contributed by atoms with E-state index in [1.54, 1.807) is 24.3 Å². The highest BCUT2D eigenvalue weighted by atomic mass is 16.5. The van der Waals surface area contributed by atoms with Crippen molar-refractivity contribution in [1.29, 1.82) is 0 Å². The van der Waals surface area contributed by atoms with Crippen LogP contribution in [0.4, 0.5) is 4.79 Å². The van der Waals surface area contributed by atoms with Crippen molar-refractivity contribution >= 4 is 12.2 Å². The van der Waals surface area contributed by atoms with Crippen molar-refractivity contribution in [2.75, 3.05) is 13.2 Å². The van der Waals surface area contributed by atoms with Crippen LogP contribution in [-0.2, 0) is 0 Å². The number of hydrogen-bond donors (Lipinski definition) is 3. The number of hydrazone groups is 1. The number of nitrogens with two attached hydrogens (primary N) is 1. The zero-order chi connectivity index (χ0) is 11.8. The first-order valence-corrected chi connectivity index (χ1v) is 4.65. The van der Waals surface area contributed by atoms with E-state index in [1.807, 2.05) is 0 Å². The van der Waals surface area contributed by atoms with E-state index in [4.69, 9.17) is 15.6 Å². The van der Waals surface area contributed by atoms with Crippen LogP contribution in [0.3, 0.4) is 0 Å². The lowest BCUT2D eigenvalue weighted by Crippen LogP contribution is -2.24. The van der Waals surface area contributed by atoms with E-state index < -0.39 is 6.03 Å². The number of benzene rings is 1. The minimum absolute atomic E-state index is 0.0645. The minimum Gasteiger partial charge on any atom is -0.491 e. The summed E-state index contributed by atoms with van der Waals surface area (Å²) in [5.74, 6) is 0.576. The SMILES string of the molecule is NC(=O)NN=Cc1ccccc1OCCO. The molecule has 0 bridgehead atoms. The molecular weight excluding hydrogens is 210 g/mol. The lowest BCUT2D eigenvalue weighted by molar-refractivity contribution is 0.201. The maximum absolute atomic E-state index is 10.4. The van der Waals surface area contributed by atoms with Crippen LogP contribution < -0.4 is 15.9 Å². The van der Waals surface area contributed by atoms with Gasteiger partial charge in [0.05, 0.1) is 12.8 Å². The van der Waals surface area contributed by atoms with Gasteiger partial charge >= 0.3 is 6.03 Å². The number of rotatable bonds is 5. The molecule has 1 aromatic rings. The number of amides is 2. The third-order valence-electron chi connectivity index (χ3n) is 1.65. The van der Waals surface area contributed by atoms with Gasteiger partial charge in [0.1, 0.15) is 12.4 Å². The Morgan fingerprint density at radius 1 is 1.56 bits per heavy atom. The van der Waals surface area contributed by atoms with Crippen LogP contribution in [0.1, 0.15) is 5.56 Å². The Morgan fingerprint density at radius 2 is 2.31 bits per heavy atom. The Balaban J connectivity index is 2.70. The zero-order valence-electron chi connectivity index (χ0n) is 8.59. The maximum atomic E-state index is 10.4. The van der Waals surface area contributed by atoms with Gasteiger partial charge < -0.3 is 15.6 Å². The van der Waals surface area contributed by atoms with Crippen molar-refractivity contribution in [2.45, 2.75) is 0 Å². The average molecular weight is 223 g/mol. The number of para-hydroxylation sites is 1. The molecule has 0 atom stereocenters. The molecule has 0 radical (unpaired) electrons. The largest absolute Gasteiger partial charge is 0.491 e. The van der Waals surface area contributed by atoms with Crippen molar-refractivity contribution in [2.24, 2.45) is 10.8 Å². The van der Waals surface area contributed by atoms with Gasteiger partial charge in [-0.05, 0) is 12.1 Å². The lowest BCUT2D eigenvalue weighted by atomic mass is 10.2. The molecule has 0 spiro atoms. The molecule has 6 heteroatoms. The fourth-order valence-electron chi connectivity index (χ4n) is 1.04. The van der Waals surface area contributed by atoms with Crippen LogP contribution in [-0.4, -0.2) is 30.6 Å². The number of ether oxygens (including phenoxy) is 1. The molecule has 0 aliphatic carbocycles. The molecule has 0 fully saturated rings. The molecule has 16 heavy (non-hydrogen) atoms. The van der Waals surface area contributed by atoms with Gasteiger partial charge in [-0.3, -0.25) is 0 Å². The Bertz CT molecular complexity index is 379. The second-order valence-electron chi connectivity index (χ2n) is 2.84. The van der Waals surface area contributed by atoms with Crippen molar-refractivity contribution in [1.82, 2.24) is 5.43 Å². The van der Waals surface area contributed by atoms with Crippen molar-refractivity contribution in [3.63, 3.8) is 0 Å². The molecule has 6 nitrogen and oxygen atoms in total. The zero-order valence-corrected chi connectivity index (χ0v) is 8.59. The molecule has 2 amide bonds. The fraction of sp³-hybridized carbons (Fsp3) is 0.200. The van der Waals surface area contributed by atoms with Gasteiger partial charge in [0.2, 0.25) is 0 Å². The third-order valence-corrected chi connectivity index (χ3v) is 1.65. The molecular formula is C10H13N3O3. The summed E-state index contributed by atoms with van der Waals surface area (Å²) in [6, 6.07) is 6.37. The van der Waals surface area contributed by atoms with Gasteiger partial charge in [0.15, 0.2) is 0 Å². The molecule has 0 aliphatic rings. The van der Waals surface area contributed by atoms with Crippen LogP contribution in [0.15, 0.2) is 29.4 Å². The van der Waals surface area contributed by atoms with Crippen LogP contribution in [0.2, 0.25) is 0 Å². The monoisotopic (exact) mass is 223 g/mol. The fourth-order valence-corrected chi connectivity index (χ4v) is 1.04. The molecule has 4 N–H and O–H groups in total. The summed E-state index contributed by atoms with van der Waals surface area (Å²) in [6.07, 6.45) is 1.41. The molecule has 0 saturated heterocycles. The van der Waals surface area contributed by atoms with E-state index in [2.05, 4.69) is 10.5 Å². The highest BCUT2D eigenvalue weighted by molar-refractivity contribution is 5.84. The summed E-state index contributed by atoms with van der Waals surface area (Å²) >= 11 is 0. The van der Waals surface area contributed by atoms with Crippen LogP contribution in [0, 0.1) is 0 Å². The summed E-state index contributed by atoms with van der Waals surface area (Å²) in [4.78, 5) is 10.4. The van der Waals surface area contributed by atoms with E-state index >= 15 is 0 Å². The van der Waals surface area contributed by atoms with E-state index in [-0.39, 0.29) is 13.2 Å². The van der Waals surface area contributed by atoms with Crippen LogP contribution in [0.25, 0.3) is 0 Å². The second-order valence-corrected chi connectivity index (χ2v) is 2.84. The average Bonchev–Trinajstić information content (AvgIpc) is 2.27. The smallest absolute Gasteiger partial charge is 0.332 e. The van der Waals surface area contributed by atoms with Crippen molar-refractivity contribution < 1.29 is 14.6 Å². The highest BCUT2D eigenvalue weighted by Gasteiger charge is 1.99. The summed E-state index contributed by atoms with van der Waals surface area (Å²) in [6.45, 7) is 0.138. The maximum Gasteiger partial charge on any atom is 0.332 e. The highest BCUT2D eigenvalue weighted by Crippen LogP contribution is 2.15. The number of primary amides is 1. The molecule has 1 rings (SSSR count). The molecule has 1 aromatic carbocycles. The van der Waals surface area contributed by atoms with Gasteiger partial charge in [-0.2, -0.15) is 5.10 Å². The lowest BCUT2D eigenvalue weighted by Gasteiger charge is -2.06. The van der Waals surface area contributed by atoms with Gasteiger partial charge in [-0.25, -0.2) is 10.2 Å². The number of carbonyl (C=O) groups excluding carboxylic acids is 1. The van der Waals surface area contributed by atoms with Crippen molar-refractivity contribution in [3.8, 4) is 5.75 Å². The van der Waals surface area contributed by atoms with Gasteiger partial charge in [0.25, 0.3) is 0 Å². The van der Waals surface area contributed by atoms with E-state index in [0.29, 0.717) is 11.3 Å². The Labute approximate surface area is 92.7 Å². The molecule has 0 aliphatic heterocycles. The number of aliphatic hydroxyl groups excluding tert-OH is 1. The van der Waals surface area contributed by atoms with E-state index in [0.717, 1.165) is 0 Å². The van der Waals surface area contributed by atoms with Crippen molar-refractivity contribution in [3.05, 3.63) is 29.8 Å². The third kappa shape index (κ3) is 3.97. The van der Waals surface area contributed by atoms with Crippen LogP contribution in [0.5, 0.6) is 5.75 Å². The van der Waals surface area contributed by atoms with Crippen LogP contribution >= 0.6 is 0 Å². The Hall–Kier alpha value is -2.08. The Morgan fingerprint density at radius 3 is 3.00 bits per heavy atom. The predicted molar refractivity (Wildman–Crippen MR) is 59.3 cm³/mol. The molecule has 0 unspecified atom stereocenters. The normalized spacial score (nSPS) is 10.3. The summed E-state index contributed by atoms with van der Waals surface area (Å²) in [5.41, 5.74) is 7.61.